The molecule has 4 aromatic rings. The van der Waals surface area contributed by atoms with Gasteiger partial charge in [0.1, 0.15) is 12.4 Å². The Morgan fingerprint density at radius 2 is 1.64 bits per heavy atom. The Labute approximate surface area is 210 Å². The third kappa shape index (κ3) is 5.26. The average molecular weight is 479 g/mol. The number of esters is 1. The minimum Gasteiger partial charge on any atom is -0.481 e. The van der Waals surface area contributed by atoms with Gasteiger partial charge in [0.2, 0.25) is 11.6 Å². The fraction of sp³-hybridized carbons (Fsp3) is 0.200. The highest BCUT2D eigenvalue weighted by Gasteiger charge is 2.18. The van der Waals surface area contributed by atoms with Gasteiger partial charge in [-0.15, -0.1) is 6.42 Å². The van der Waals surface area contributed by atoms with E-state index in [1.165, 1.54) is 5.56 Å². The summed E-state index contributed by atoms with van der Waals surface area (Å²) in [6, 6.07) is 19.8. The lowest BCUT2D eigenvalue weighted by Gasteiger charge is -2.12. The van der Waals surface area contributed by atoms with Crippen LogP contribution in [0.15, 0.2) is 66.7 Å². The molecule has 4 rings (SSSR count). The van der Waals surface area contributed by atoms with Crippen LogP contribution in [0.2, 0.25) is 0 Å². The van der Waals surface area contributed by atoms with Gasteiger partial charge in [0.05, 0.1) is 23.4 Å². The first-order valence-corrected chi connectivity index (χ1v) is 11.7. The standard InChI is InChI=1S/C30H26N2O4/c1-5-17-36-24-15-16-26-25(18-24)27(21-9-7-20(8-10-21)19(3)4)32-29(31-26)28(33)22-11-13-23(14-12-22)30(34)35-6-2/h1,7-16,18-19H,6,17H2,2-4H3. The molecular weight excluding hydrogens is 452 g/mol. The van der Waals surface area contributed by atoms with Gasteiger partial charge in [-0.2, -0.15) is 0 Å². The van der Waals surface area contributed by atoms with Gasteiger partial charge in [-0.1, -0.05) is 56.2 Å². The van der Waals surface area contributed by atoms with E-state index in [-0.39, 0.29) is 24.8 Å². The molecule has 0 unspecified atom stereocenters. The molecule has 36 heavy (non-hydrogen) atoms. The molecular formula is C30H26N2O4. The summed E-state index contributed by atoms with van der Waals surface area (Å²) in [5.74, 6) is 2.72. The maximum atomic E-state index is 13.3. The third-order valence-electron chi connectivity index (χ3n) is 5.70. The maximum absolute atomic E-state index is 13.3. The van der Waals surface area contributed by atoms with Crippen molar-refractivity contribution in [3.8, 4) is 29.4 Å². The van der Waals surface area contributed by atoms with E-state index in [9.17, 15) is 9.59 Å². The summed E-state index contributed by atoms with van der Waals surface area (Å²) in [5.41, 5.74) is 4.02. The summed E-state index contributed by atoms with van der Waals surface area (Å²) in [5, 5.41) is 0.746. The molecule has 0 N–H and O–H groups in total. The van der Waals surface area contributed by atoms with E-state index in [4.69, 9.17) is 15.9 Å². The maximum Gasteiger partial charge on any atom is 0.338 e. The lowest BCUT2D eigenvalue weighted by atomic mass is 9.99. The lowest BCUT2D eigenvalue weighted by Crippen LogP contribution is -2.10. The van der Waals surface area contributed by atoms with Gasteiger partial charge in [-0.3, -0.25) is 4.79 Å². The third-order valence-corrected chi connectivity index (χ3v) is 5.70. The van der Waals surface area contributed by atoms with Crippen LogP contribution in [0.1, 0.15) is 58.8 Å². The Morgan fingerprint density at radius 3 is 2.28 bits per heavy atom. The van der Waals surface area contributed by atoms with Crippen LogP contribution in [0.3, 0.4) is 0 Å². The van der Waals surface area contributed by atoms with Crippen molar-refractivity contribution in [2.24, 2.45) is 0 Å². The predicted octanol–water partition coefficient (Wildman–Crippen LogP) is 5.84. The highest BCUT2D eigenvalue weighted by Crippen LogP contribution is 2.31. The van der Waals surface area contributed by atoms with E-state index < -0.39 is 5.97 Å². The second-order valence-electron chi connectivity index (χ2n) is 8.47. The number of rotatable bonds is 8. The molecule has 0 radical (unpaired) electrons. The SMILES string of the molecule is C#CCOc1ccc2nc(C(=O)c3ccc(C(=O)OCC)cc3)nc(-c3ccc(C(C)C)cc3)c2c1. The van der Waals surface area contributed by atoms with Crippen LogP contribution in [-0.4, -0.2) is 34.9 Å². The summed E-state index contributed by atoms with van der Waals surface area (Å²) in [6.45, 7) is 6.43. The van der Waals surface area contributed by atoms with Crippen LogP contribution >= 0.6 is 0 Å². The molecule has 0 amide bonds. The molecule has 6 nitrogen and oxygen atoms in total. The average Bonchev–Trinajstić information content (AvgIpc) is 2.91. The summed E-state index contributed by atoms with van der Waals surface area (Å²) in [4.78, 5) is 34.5. The smallest absolute Gasteiger partial charge is 0.338 e. The van der Waals surface area contributed by atoms with Crippen molar-refractivity contribution in [3.63, 3.8) is 0 Å². The highest BCUT2D eigenvalue weighted by atomic mass is 16.5. The normalized spacial score (nSPS) is 10.8. The molecule has 0 saturated heterocycles. The molecule has 0 aliphatic carbocycles. The molecule has 6 heteroatoms. The van der Waals surface area contributed by atoms with Crippen molar-refractivity contribution in [1.82, 2.24) is 9.97 Å². The quantitative estimate of drug-likeness (QED) is 0.180. The second-order valence-corrected chi connectivity index (χ2v) is 8.47. The van der Waals surface area contributed by atoms with E-state index in [2.05, 4.69) is 41.9 Å². The summed E-state index contributed by atoms with van der Waals surface area (Å²) >= 11 is 0. The molecule has 0 saturated carbocycles. The van der Waals surface area contributed by atoms with Crippen molar-refractivity contribution in [3.05, 3.63) is 89.2 Å². The van der Waals surface area contributed by atoms with E-state index in [1.54, 1.807) is 43.3 Å². The number of hydrogen-bond acceptors (Lipinski definition) is 6. The number of ketones is 1. The van der Waals surface area contributed by atoms with Gasteiger partial charge < -0.3 is 9.47 Å². The molecule has 0 bridgehead atoms. The fourth-order valence-corrected chi connectivity index (χ4v) is 3.77. The second kappa shape index (κ2) is 10.8. The Hall–Kier alpha value is -4.50. The van der Waals surface area contributed by atoms with Crippen molar-refractivity contribution in [2.45, 2.75) is 26.7 Å². The number of terminal acetylenes is 1. The van der Waals surface area contributed by atoms with E-state index in [0.29, 0.717) is 34.0 Å². The van der Waals surface area contributed by atoms with Crippen LogP contribution in [0, 0.1) is 12.3 Å². The topological polar surface area (TPSA) is 78.4 Å². The Morgan fingerprint density at radius 1 is 0.944 bits per heavy atom. The van der Waals surface area contributed by atoms with Gasteiger partial charge in [-0.25, -0.2) is 14.8 Å². The molecule has 0 atom stereocenters. The number of aromatic nitrogens is 2. The van der Waals surface area contributed by atoms with Crippen molar-refractivity contribution in [1.29, 1.82) is 0 Å². The Balaban J connectivity index is 1.79. The Bertz CT molecular complexity index is 1450. The molecule has 1 heterocycles. The predicted molar refractivity (Wildman–Crippen MR) is 139 cm³/mol. The molecule has 3 aromatic carbocycles. The first-order valence-electron chi connectivity index (χ1n) is 11.7. The van der Waals surface area contributed by atoms with Crippen LogP contribution in [0.4, 0.5) is 0 Å². The van der Waals surface area contributed by atoms with Crippen molar-refractivity contribution < 1.29 is 19.1 Å². The summed E-state index contributed by atoms with van der Waals surface area (Å²) in [7, 11) is 0. The summed E-state index contributed by atoms with van der Waals surface area (Å²) < 4.78 is 10.6. The van der Waals surface area contributed by atoms with Gasteiger partial charge in [-0.05, 0) is 48.7 Å². The molecule has 0 fully saturated rings. The number of benzene rings is 3. The monoisotopic (exact) mass is 478 g/mol. The summed E-state index contributed by atoms with van der Waals surface area (Å²) in [6.07, 6.45) is 5.33. The molecule has 0 aliphatic rings. The number of ether oxygens (including phenoxy) is 2. The first kappa shape index (κ1) is 24.6. The van der Waals surface area contributed by atoms with Gasteiger partial charge >= 0.3 is 5.97 Å². The highest BCUT2D eigenvalue weighted by molar-refractivity contribution is 6.08. The largest absolute Gasteiger partial charge is 0.481 e. The van der Waals surface area contributed by atoms with Crippen LogP contribution in [0.25, 0.3) is 22.2 Å². The van der Waals surface area contributed by atoms with E-state index >= 15 is 0 Å². The van der Waals surface area contributed by atoms with Gasteiger partial charge in [0.15, 0.2) is 0 Å². The number of carbonyl (C=O) groups excluding carboxylic acids is 2. The van der Waals surface area contributed by atoms with Gasteiger partial charge in [0.25, 0.3) is 0 Å². The van der Waals surface area contributed by atoms with E-state index in [1.807, 2.05) is 18.2 Å². The zero-order valence-electron chi connectivity index (χ0n) is 20.4. The van der Waals surface area contributed by atoms with Crippen LogP contribution in [0.5, 0.6) is 5.75 Å². The number of hydrogen-bond donors (Lipinski definition) is 0. The molecule has 0 spiro atoms. The molecule has 0 aliphatic heterocycles. The zero-order valence-corrected chi connectivity index (χ0v) is 20.4. The molecule has 1 aromatic heterocycles. The zero-order chi connectivity index (χ0) is 25.7. The lowest BCUT2D eigenvalue weighted by molar-refractivity contribution is 0.0526. The fourth-order valence-electron chi connectivity index (χ4n) is 3.77. The van der Waals surface area contributed by atoms with Crippen LogP contribution in [-0.2, 0) is 4.74 Å². The first-order chi connectivity index (χ1) is 17.4. The van der Waals surface area contributed by atoms with Gasteiger partial charge in [0, 0.05) is 16.5 Å². The van der Waals surface area contributed by atoms with E-state index in [0.717, 1.165) is 10.9 Å². The van der Waals surface area contributed by atoms with Crippen molar-refractivity contribution in [2.75, 3.05) is 13.2 Å². The number of fused-ring (bicyclic) bond motifs is 1. The minimum atomic E-state index is -0.437. The van der Waals surface area contributed by atoms with Crippen LogP contribution < -0.4 is 4.74 Å². The number of nitrogens with zero attached hydrogens (tertiary/aromatic N) is 2. The molecule has 180 valence electrons. The Kier molecular flexibility index (Phi) is 7.41. The minimum absolute atomic E-state index is 0.0617. The number of carbonyl (C=O) groups is 2. The van der Waals surface area contributed by atoms with Crippen molar-refractivity contribution >= 4 is 22.7 Å².